The molecule has 163 valence electrons. The molecular weight excluding hydrogens is 565 g/mol. The summed E-state index contributed by atoms with van der Waals surface area (Å²) in [6.07, 6.45) is 9.90. The largest absolute Gasteiger partial charge is 0.394 e. The third-order valence-corrected chi connectivity index (χ3v) is 4.37. The van der Waals surface area contributed by atoms with Gasteiger partial charge in [0.15, 0.2) is 0 Å². The first-order valence-electron chi connectivity index (χ1n) is 10.6. The summed E-state index contributed by atoms with van der Waals surface area (Å²) in [5.41, 5.74) is 2.33. The number of aromatic nitrogens is 1. The summed E-state index contributed by atoms with van der Waals surface area (Å²) in [4.78, 5) is 4.05. The third-order valence-electron chi connectivity index (χ3n) is 4.37. The summed E-state index contributed by atoms with van der Waals surface area (Å²) >= 11 is 0. The number of aliphatic hydroxyl groups excluding tert-OH is 1. The molecule has 3 rings (SSSR count). The smallest absolute Gasteiger partial charge is 0.0818 e. The van der Waals surface area contributed by atoms with Gasteiger partial charge in [0, 0.05) is 39.6 Å². The van der Waals surface area contributed by atoms with E-state index < -0.39 is 0 Å². The van der Waals surface area contributed by atoms with Gasteiger partial charge in [0.25, 0.3) is 0 Å². The molecule has 2 aromatic rings. The second kappa shape index (κ2) is 22.3. The summed E-state index contributed by atoms with van der Waals surface area (Å²) in [5.74, 6) is 1.06. The molecular formula is C25H39NOVW-2. The maximum atomic E-state index is 10.5. The fourth-order valence-corrected chi connectivity index (χ4v) is 3.31. The van der Waals surface area contributed by atoms with E-state index in [4.69, 9.17) is 0 Å². The summed E-state index contributed by atoms with van der Waals surface area (Å²) in [7, 11) is 0. The molecule has 0 bridgehead atoms. The van der Waals surface area contributed by atoms with Crippen molar-refractivity contribution in [2.45, 2.75) is 72.8 Å². The average molecular weight is 604 g/mol. The van der Waals surface area contributed by atoms with E-state index in [2.05, 4.69) is 24.2 Å². The van der Waals surface area contributed by atoms with Crippen molar-refractivity contribution < 1.29 is 44.7 Å². The van der Waals surface area contributed by atoms with Crippen LogP contribution in [0.5, 0.6) is 0 Å². The van der Waals surface area contributed by atoms with E-state index in [1.807, 2.05) is 77.2 Å². The van der Waals surface area contributed by atoms with E-state index in [0.29, 0.717) is 11.8 Å². The second-order valence-electron chi connectivity index (χ2n) is 6.29. The fourth-order valence-electron chi connectivity index (χ4n) is 3.31. The molecule has 0 aliphatic heterocycles. The van der Waals surface area contributed by atoms with Gasteiger partial charge in [0.05, 0.1) is 6.10 Å². The predicted octanol–water partition coefficient (Wildman–Crippen LogP) is 6.85. The van der Waals surface area contributed by atoms with Gasteiger partial charge in [-0.05, 0) is 43.1 Å². The van der Waals surface area contributed by atoms with E-state index in [1.54, 1.807) is 0 Å². The topological polar surface area (TPSA) is 33.1 Å². The zero-order valence-corrected chi connectivity index (χ0v) is 23.2. The Morgan fingerprint density at radius 3 is 2.21 bits per heavy atom. The Hall–Kier alpha value is -0.397. The number of nitrogens with zero attached hydrogens (tertiary/aromatic N) is 1. The minimum Gasteiger partial charge on any atom is -0.394 e. The van der Waals surface area contributed by atoms with Crippen molar-refractivity contribution in [1.82, 2.24) is 4.98 Å². The van der Waals surface area contributed by atoms with Crippen molar-refractivity contribution in [1.29, 1.82) is 0 Å². The summed E-state index contributed by atoms with van der Waals surface area (Å²) < 4.78 is 0. The van der Waals surface area contributed by atoms with Crippen LogP contribution >= 0.6 is 0 Å². The number of hydrogen-bond acceptors (Lipinski definition) is 2. The molecule has 1 N–H and O–H groups in total. The molecule has 29 heavy (non-hydrogen) atoms. The summed E-state index contributed by atoms with van der Waals surface area (Å²) in [6.45, 7) is 13.5. The van der Waals surface area contributed by atoms with Crippen molar-refractivity contribution in [3.63, 3.8) is 0 Å². The van der Waals surface area contributed by atoms with Gasteiger partial charge in [-0.3, -0.25) is 0 Å². The Morgan fingerprint density at radius 2 is 1.69 bits per heavy atom. The van der Waals surface area contributed by atoms with E-state index >= 15 is 0 Å². The SMILES string of the molecule is CC.CC.OC(c1ccccc1)C1CCC(Cc2cc[c-]nc2)C1.[CH2-]CC.[V].[W]. The van der Waals surface area contributed by atoms with Gasteiger partial charge >= 0.3 is 0 Å². The van der Waals surface area contributed by atoms with E-state index in [0.717, 1.165) is 31.2 Å². The number of pyridine rings is 1. The maximum absolute atomic E-state index is 10.5. The van der Waals surface area contributed by atoms with Crippen LogP contribution in [0.3, 0.4) is 0 Å². The summed E-state index contributed by atoms with van der Waals surface area (Å²) in [6, 6.07) is 14.0. The number of aliphatic hydroxyl groups is 1. The maximum Gasteiger partial charge on any atom is 0.0818 e. The third kappa shape index (κ3) is 13.5. The van der Waals surface area contributed by atoms with Crippen LogP contribution in [0.25, 0.3) is 0 Å². The molecule has 1 radical (unpaired) electrons. The second-order valence-corrected chi connectivity index (χ2v) is 6.29. The van der Waals surface area contributed by atoms with Crippen LogP contribution in [0.2, 0.25) is 0 Å². The Bertz CT molecular complexity index is 553. The molecule has 3 atom stereocenters. The van der Waals surface area contributed by atoms with Crippen LogP contribution < -0.4 is 0 Å². The Labute approximate surface area is 206 Å². The van der Waals surface area contributed by atoms with E-state index in [1.165, 1.54) is 12.0 Å². The molecule has 4 heteroatoms. The van der Waals surface area contributed by atoms with Crippen LogP contribution in [0.1, 0.15) is 77.5 Å². The van der Waals surface area contributed by atoms with Crippen molar-refractivity contribution in [2.75, 3.05) is 0 Å². The standard InChI is InChI=1S/C18H20NO.C3H7.2C2H6.V.W/c20-18(16-6-2-1-3-7-16)17-9-8-14(12-17)11-15-5-4-10-19-13-15;1-3-2;2*1-2;;/h1-7,13-14,17-18,20H,8-9,11-12H2;1,3H2,2H3;2*1-2H3;;/q2*-1;;;;. The van der Waals surface area contributed by atoms with Crippen molar-refractivity contribution in [2.24, 2.45) is 11.8 Å². The molecule has 1 aliphatic rings. The molecule has 0 saturated heterocycles. The normalized spacial score (nSPS) is 17.3. The molecule has 1 saturated carbocycles. The van der Waals surface area contributed by atoms with Crippen molar-refractivity contribution >= 4 is 0 Å². The van der Waals surface area contributed by atoms with Crippen LogP contribution in [0.4, 0.5) is 0 Å². The molecule has 0 spiro atoms. The van der Waals surface area contributed by atoms with Crippen LogP contribution in [0, 0.1) is 25.0 Å². The molecule has 1 aliphatic carbocycles. The van der Waals surface area contributed by atoms with Gasteiger partial charge in [-0.2, -0.15) is 18.6 Å². The van der Waals surface area contributed by atoms with Gasteiger partial charge in [-0.15, -0.1) is 5.56 Å². The molecule has 1 fully saturated rings. The fraction of sp³-hybridized carbons (Fsp3) is 0.520. The van der Waals surface area contributed by atoms with Gasteiger partial charge < -0.3 is 17.0 Å². The zero-order valence-electron chi connectivity index (χ0n) is 18.8. The first kappa shape index (κ1) is 33.2. The first-order chi connectivity index (χ1) is 13.2. The molecule has 1 heterocycles. The van der Waals surface area contributed by atoms with Crippen LogP contribution in [-0.2, 0) is 46.0 Å². The Balaban J connectivity index is -0.000000675. The molecule has 3 unspecified atom stereocenters. The van der Waals surface area contributed by atoms with Gasteiger partial charge in [-0.25, -0.2) is 0 Å². The van der Waals surface area contributed by atoms with Crippen molar-refractivity contribution in [3.8, 4) is 0 Å². The minimum atomic E-state index is -0.316. The molecule has 1 aromatic heterocycles. The monoisotopic (exact) mass is 604 g/mol. The Morgan fingerprint density at radius 1 is 1.10 bits per heavy atom. The van der Waals surface area contributed by atoms with E-state index in [9.17, 15) is 5.11 Å². The predicted molar refractivity (Wildman–Crippen MR) is 117 cm³/mol. The zero-order chi connectivity index (χ0) is 20.5. The van der Waals surface area contributed by atoms with E-state index in [-0.39, 0.29) is 45.7 Å². The van der Waals surface area contributed by atoms with Crippen molar-refractivity contribution in [3.05, 3.63) is 72.9 Å². The minimum absolute atomic E-state index is 0. The van der Waals surface area contributed by atoms with Crippen LogP contribution in [-0.4, -0.2) is 10.1 Å². The number of rotatable bonds is 4. The molecule has 1 aromatic carbocycles. The van der Waals surface area contributed by atoms with Gasteiger partial charge in [0.1, 0.15) is 0 Å². The average Bonchev–Trinajstić information content (AvgIpc) is 3.21. The molecule has 0 amide bonds. The quantitative estimate of drug-likeness (QED) is 0.388. The van der Waals surface area contributed by atoms with Gasteiger partial charge in [0.2, 0.25) is 0 Å². The van der Waals surface area contributed by atoms with Gasteiger partial charge in [-0.1, -0.05) is 77.3 Å². The van der Waals surface area contributed by atoms with Crippen LogP contribution in [0.15, 0.2) is 48.7 Å². The molecule has 2 nitrogen and oxygen atoms in total. The Kier molecular flexibility index (Phi) is 25.6. The first-order valence-corrected chi connectivity index (χ1v) is 10.6. The summed E-state index contributed by atoms with van der Waals surface area (Å²) in [5, 5.41) is 10.5. The number of hydrogen-bond donors (Lipinski definition) is 1. The number of benzene rings is 1.